The molecule has 8 N–H and O–H groups in total. The quantitative estimate of drug-likeness (QED) is 0.125. The maximum Gasteiger partial charge on any atom is 0.327 e. The van der Waals surface area contributed by atoms with Crippen LogP contribution < -0.4 is 21.7 Å². The minimum absolute atomic E-state index is 0.269. The number of hydrogen-bond acceptors (Lipinski definition) is 9. The topological polar surface area (TPSA) is 208 Å². The molecule has 0 aliphatic heterocycles. The number of carbonyl (C=O) groups is 5. The Morgan fingerprint density at radius 2 is 1.57 bits per heavy atom. The van der Waals surface area contributed by atoms with Gasteiger partial charge in [-0.2, -0.15) is 24.4 Å². The van der Waals surface area contributed by atoms with E-state index in [0.717, 1.165) is 0 Å². The predicted octanol–water partition coefficient (Wildman–Crippen LogP) is -2.61. The Labute approximate surface area is 183 Å². The highest BCUT2D eigenvalue weighted by Crippen LogP contribution is 2.03. The molecule has 0 spiro atoms. The van der Waals surface area contributed by atoms with Gasteiger partial charge in [0.25, 0.3) is 0 Å². The van der Waals surface area contributed by atoms with Crippen LogP contribution in [0.3, 0.4) is 0 Å². The zero-order valence-corrected chi connectivity index (χ0v) is 18.2. The molecular formula is C16H28N4O8S2. The lowest BCUT2D eigenvalue weighted by Crippen LogP contribution is -2.60. The Kier molecular flexibility index (Phi) is 13.1. The van der Waals surface area contributed by atoms with Gasteiger partial charge in [0.05, 0.1) is 18.6 Å². The fourth-order valence-corrected chi connectivity index (χ4v) is 2.88. The van der Waals surface area contributed by atoms with Crippen LogP contribution in [0.25, 0.3) is 0 Å². The Balaban J connectivity index is 5.31. The molecule has 3 amide bonds. The van der Waals surface area contributed by atoms with E-state index in [4.69, 9.17) is 15.9 Å². The molecule has 5 atom stereocenters. The van der Waals surface area contributed by atoms with E-state index < -0.39 is 66.4 Å². The fraction of sp³-hybridized carbons (Fsp3) is 0.688. The van der Waals surface area contributed by atoms with Crippen molar-refractivity contribution < 1.29 is 39.3 Å². The molecule has 30 heavy (non-hydrogen) atoms. The van der Waals surface area contributed by atoms with Gasteiger partial charge in [0.15, 0.2) is 0 Å². The minimum atomic E-state index is -1.65. The third-order valence-electron chi connectivity index (χ3n) is 3.84. The molecule has 0 fully saturated rings. The van der Waals surface area contributed by atoms with Gasteiger partial charge in [0.2, 0.25) is 17.7 Å². The Bertz CT molecular complexity index is 634. The summed E-state index contributed by atoms with van der Waals surface area (Å²) in [5.74, 6) is -5.32. The molecule has 0 saturated carbocycles. The number of thioether (sulfide) groups is 1. The highest BCUT2D eigenvalue weighted by Gasteiger charge is 2.33. The highest BCUT2D eigenvalue weighted by molar-refractivity contribution is 7.98. The average Bonchev–Trinajstić information content (AvgIpc) is 2.66. The summed E-state index contributed by atoms with van der Waals surface area (Å²) in [4.78, 5) is 59.0. The van der Waals surface area contributed by atoms with Crippen LogP contribution in [0.1, 0.15) is 19.8 Å². The van der Waals surface area contributed by atoms with E-state index >= 15 is 0 Å². The van der Waals surface area contributed by atoms with Crippen molar-refractivity contribution in [2.45, 2.75) is 50.0 Å². The van der Waals surface area contributed by atoms with Gasteiger partial charge in [-0.3, -0.25) is 19.2 Å². The van der Waals surface area contributed by atoms with Crippen molar-refractivity contribution in [3.05, 3.63) is 0 Å². The number of thiol groups is 1. The van der Waals surface area contributed by atoms with Crippen LogP contribution in [0.5, 0.6) is 0 Å². The predicted molar refractivity (Wildman–Crippen MR) is 112 cm³/mol. The van der Waals surface area contributed by atoms with Crippen LogP contribution in [0, 0.1) is 0 Å². The van der Waals surface area contributed by atoms with Crippen molar-refractivity contribution in [3.63, 3.8) is 0 Å². The number of aliphatic hydroxyl groups is 1. The lowest BCUT2D eigenvalue weighted by molar-refractivity contribution is -0.143. The molecule has 14 heteroatoms. The Morgan fingerprint density at radius 3 is 2.00 bits per heavy atom. The maximum atomic E-state index is 12.5. The van der Waals surface area contributed by atoms with E-state index in [2.05, 4.69) is 28.6 Å². The number of aliphatic hydroxyl groups excluding tert-OH is 1. The first-order valence-electron chi connectivity index (χ1n) is 8.83. The summed E-state index contributed by atoms with van der Waals surface area (Å²) in [5.41, 5.74) is 5.72. The standard InChI is InChI=1S/C16H28N4O8S2/c1-7(21)12(20-13(24)8(17)3-4-30-2)15(26)18-9(5-11(22)23)14(25)19-10(6-29)16(27)28/h7-10,12,21,29H,3-6,17H2,1-2H3,(H,18,26)(H,19,25)(H,20,24)(H,22,23)(H,27,28). The van der Waals surface area contributed by atoms with Crippen molar-refractivity contribution in [1.29, 1.82) is 0 Å². The summed E-state index contributed by atoms with van der Waals surface area (Å²) in [6, 6.07) is -5.51. The van der Waals surface area contributed by atoms with Gasteiger partial charge < -0.3 is 37.0 Å². The van der Waals surface area contributed by atoms with E-state index in [0.29, 0.717) is 12.2 Å². The third-order valence-corrected chi connectivity index (χ3v) is 4.85. The number of carboxylic acid groups (broad SMARTS) is 2. The van der Waals surface area contributed by atoms with Crippen molar-refractivity contribution in [1.82, 2.24) is 16.0 Å². The lowest BCUT2D eigenvalue weighted by Gasteiger charge is -2.25. The summed E-state index contributed by atoms with van der Waals surface area (Å²) >= 11 is 5.25. The van der Waals surface area contributed by atoms with Crippen LogP contribution >= 0.6 is 24.4 Å². The molecule has 0 bridgehead atoms. The van der Waals surface area contributed by atoms with Gasteiger partial charge in [-0.15, -0.1) is 0 Å². The summed E-state index contributed by atoms with van der Waals surface area (Å²) in [7, 11) is 0. The summed E-state index contributed by atoms with van der Waals surface area (Å²) in [6.45, 7) is 1.21. The maximum absolute atomic E-state index is 12.5. The van der Waals surface area contributed by atoms with Crippen LogP contribution in [-0.2, 0) is 24.0 Å². The molecule has 0 saturated heterocycles. The number of rotatable bonds is 14. The second kappa shape index (κ2) is 14.1. The summed E-state index contributed by atoms with van der Waals surface area (Å²) < 4.78 is 0. The first kappa shape index (κ1) is 28.0. The smallest absolute Gasteiger partial charge is 0.327 e. The van der Waals surface area contributed by atoms with Crippen molar-refractivity contribution in [3.8, 4) is 0 Å². The van der Waals surface area contributed by atoms with Crippen molar-refractivity contribution in [2.24, 2.45) is 5.73 Å². The second-order valence-electron chi connectivity index (χ2n) is 6.36. The van der Waals surface area contributed by atoms with Crippen molar-refractivity contribution >= 4 is 54.1 Å². The molecule has 0 aromatic carbocycles. The number of carboxylic acids is 2. The van der Waals surface area contributed by atoms with E-state index in [1.54, 1.807) is 0 Å². The number of nitrogens with two attached hydrogens (primary N) is 1. The van der Waals surface area contributed by atoms with Gasteiger partial charge in [-0.1, -0.05) is 0 Å². The normalized spacial score (nSPS) is 15.8. The van der Waals surface area contributed by atoms with E-state index in [-0.39, 0.29) is 5.75 Å². The zero-order chi connectivity index (χ0) is 23.4. The first-order valence-corrected chi connectivity index (χ1v) is 10.9. The molecule has 5 unspecified atom stereocenters. The first-order chi connectivity index (χ1) is 13.9. The number of hydrogen-bond donors (Lipinski definition) is 8. The minimum Gasteiger partial charge on any atom is -0.481 e. The zero-order valence-electron chi connectivity index (χ0n) is 16.5. The van der Waals surface area contributed by atoms with Gasteiger partial charge in [0.1, 0.15) is 18.1 Å². The number of aliphatic carboxylic acids is 2. The van der Waals surface area contributed by atoms with Crippen LogP contribution in [0.2, 0.25) is 0 Å². The molecule has 0 radical (unpaired) electrons. The lowest BCUT2D eigenvalue weighted by atomic mass is 10.1. The van der Waals surface area contributed by atoms with E-state index in [1.165, 1.54) is 18.7 Å². The largest absolute Gasteiger partial charge is 0.481 e. The van der Waals surface area contributed by atoms with Gasteiger partial charge >= 0.3 is 11.9 Å². The molecule has 0 aromatic rings. The Morgan fingerprint density at radius 1 is 1.00 bits per heavy atom. The average molecular weight is 469 g/mol. The van der Waals surface area contributed by atoms with Gasteiger partial charge in [0, 0.05) is 5.75 Å². The Hall–Kier alpha value is -2.03. The van der Waals surface area contributed by atoms with E-state index in [1.807, 2.05) is 6.26 Å². The second-order valence-corrected chi connectivity index (χ2v) is 7.71. The summed E-state index contributed by atoms with van der Waals surface area (Å²) in [5, 5.41) is 34.3. The van der Waals surface area contributed by atoms with Gasteiger partial charge in [-0.25, -0.2) is 4.79 Å². The monoisotopic (exact) mass is 468 g/mol. The van der Waals surface area contributed by atoms with Crippen molar-refractivity contribution in [2.75, 3.05) is 17.8 Å². The molecule has 12 nitrogen and oxygen atoms in total. The molecule has 172 valence electrons. The highest BCUT2D eigenvalue weighted by atomic mass is 32.2. The van der Waals surface area contributed by atoms with Crippen LogP contribution in [-0.4, -0.2) is 93.0 Å². The molecule has 0 rings (SSSR count). The van der Waals surface area contributed by atoms with Crippen LogP contribution in [0.15, 0.2) is 0 Å². The molecule has 0 heterocycles. The van der Waals surface area contributed by atoms with Gasteiger partial charge in [-0.05, 0) is 25.4 Å². The number of nitrogens with one attached hydrogen (secondary N) is 3. The molecule has 0 aromatic heterocycles. The molecule has 0 aliphatic rings. The summed E-state index contributed by atoms with van der Waals surface area (Å²) in [6.07, 6.45) is -0.0951. The molecule has 0 aliphatic carbocycles. The molecular weight excluding hydrogens is 440 g/mol. The number of amides is 3. The third kappa shape index (κ3) is 10.1. The van der Waals surface area contributed by atoms with Crippen LogP contribution in [0.4, 0.5) is 0 Å². The fourth-order valence-electron chi connectivity index (χ4n) is 2.14. The number of carbonyl (C=O) groups excluding carboxylic acids is 3. The van der Waals surface area contributed by atoms with E-state index in [9.17, 15) is 29.1 Å². The SMILES string of the molecule is CSCCC(N)C(=O)NC(C(=O)NC(CC(=O)O)C(=O)NC(CS)C(=O)O)C(C)O.